The molecule has 7 nitrogen and oxygen atoms in total. The first-order valence-electron chi connectivity index (χ1n) is 12.0. The Labute approximate surface area is 206 Å². The normalized spacial score (nSPS) is 21.0. The summed E-state index contributed by atoms with van der Waals surface area (Å²) >= 11 is 0. The van der Waals surface area contributed by atoms with Crippen molar-refractivity contribution in [3.63, 3.8) is 0 Å². The van der Waals surface area contributed by atoms with Gasteiger partial charge in [-0.15, -0.1) is 0 Å². The van der Waals surface area contributed by atoms with Crippen LogP contribution in [0.3, 0.4) is 0 Å². The molecule has 1 aromatic heterocycles. The van der Waals surface area contributed by atoms with Crippen LogP contribution < -0.4 is 0 Å². The summed E-state index contributed by atoms with van der Waals surface area (Å²) in [6, 6.07) is 14.9. The van der Waals surface area contributed by atoms with Crippen LogP contribution in [0.1, 0.15) is 46.7 Å². The summed E-state index contributed by atoms with van der Waals surface area (Å²) in [7, 11) is 0. The van der Waals surface area contributed by atoms with Crippen LogP contribution in [-0.2, 0) is 17.3 Å². The zero-order chi connectivity index (χ0) is 25.1. The largest absolute Gasteiger partial charge is 0.416 e. The Morgan fingerprint density at radius 1 is 0.944 bits per heavy atom. The van der Waals surface area contributed by atoms with Gasteiger partial charge in [-0.1, -0.05) is 47.6 Å². The van der Waals surface area contributed by atoms with Crippen LogP contribution in [0.2, 0.25) is 0 Å². The van der Waals surface area contributed by atoms with E-state index in [1.807, 2.05) is 30.3 Å². The lowest BCUT2D eigenvalue weighted by Gasteiger charge is -2.40. The van der Waals surface area contributed by atoms with Gasteiger partial charge >= 0.3 is 12.2 Å². The van der Waals surface area contributed by atoms with Crippen molar-refractivity contribution in [1.29, 1.82) is 0 Å². The number of hydrogen-bond acceptors (Lipinski definition) is 5. The lowest BCUT2D eigenvalue weighted by molar-refractivity contribution is -0.137. The van der Waals surface area contributed by atoms with E-state index in [0.717, 1.165) is 23.3 Å². The summed E-state index contributed by atoms with van der Waals surface area (Å²) in [4.78, 5) is 21.4. The van der Waals surface area contributed by atoms with Crippen LogP contribution in [0.4, 0.5) is 18.0 Å². The predicted molar refractivity (Wildman–Crippen MR) is 124 cm³/mol. The molecule has 2 aliphatic heterocycles. The maximum atomic E-state index is 13.3. The third kappa shape index (κ3) is 5.53. The summed E-state index contributed by atoms with van der Waals surface area (Å²) in [6.45, 7) is 2.79. The fraction of sp³-hybridized carbons (Fsp3) is 0.423. The van der Waals surface area contributed by atoms with Crippen molar-refractivity contribution in [3.05, 3.63) is 83.0 Å². The van der Waals surface area contributed by atoms with Gasteiger partial charge in [0.05, 0.1) is 24.7 Å². The van der Waals surface area contributed by atoms with E-state index in [0.29, 0.717) is 63.9 Å². The van der Waals surface area contributed by atoms with E-state index in [1.165, 1.54) is 12.1 Å². The van der Waals surface area contributed by atoms with Gasteiger partial charge in [0, 0.05) is 38.5 Å². The standard InChI is InChI=1S/C26H27F3N4O3/c27-26(28,29)22-8-6-19(7-9-22)20-15-21(17-33(16-20)25(34)32-10-12-35-13-11-32)24-30-23(31-36-24)14-18-4-2-1-3-5-18/h1-9,20-21H,10-17H2. The number of alkyl halides is 3. The lowest BCUT2D eigenvalue weighted by atomic mass is 9.84. The lowest BCUT2D eigenvalue weighted by Crippen LogP contribution is -2.52. The quantitative estimate of drug-likeness (QED) is 0.519. The Hall–Kier alpha value is -3.40. The van der Waals surface area contributed by atoms with Crippen LogP contribution >= 0.6 is 0 Å². The van der Waals surface area contributed by atoms with E-state index in [4.69, 9.17) is 9.26 Å². The Morgan fingerprint density at radius 3 is 2.33 bits per heavy atom. The van der Waals surface area contributed by atoms with Crippen LogP contribution in [0, 0.1) is 0 Å². The molecule has 190 valence electrons. The highest BCUT2D eigenvalue weighted by Crippen LogP contribution is 2.37. The number of halogens is 3. The summed E-state index contributed by atoms with van der Waals surface area (Å²) < 4.78 is 50.2. The summed E-state index contributed by atoms with van der Waals surface area (Å²) in [6.07, 6.45) is -3.29. The average Bonchev–Trinajstić information content (AvgIpc) is 3.37. The second-order valence-corrected chi connectivity index (χ2v) is 9.25. The minimum Gasteiger partial charge on any atom is -0.378 e. The van der Waals surface area contributed by atoms with Crippen LogP contribution in [-0.4, -0.2) is 65.4 Å². The minimum absolute atomic E-state index is 0.107. The van der Waals surface area contributed by atoms with Gasteiger partial charge in [-0.3, -0.25) is 0 Å². The number of nitrogens with zero attached hydrogens (tertiary/aromatic N) is 4. The summed E-state index contributed by atoms with van der Waals surface area (Å²) in [5.41, 5.74) is 1.11. The number of urea groups is 1. The highest BCUT2D eigenvalue weighted by atomic mass is 19.4. The van der Waals surface area contributed by atoms with Gasteiger partial charge in [0.15, 0.2) is 5.82 Å². The maximum absolute atomic E-state index is 13.3. The van der Waals surface area contributed by atoms with Crippen molar-refractivity contribution in [1.82, 2.24) is 19.9 Å². The van der Waals surface area contributed by atoms with Crippen molar-refractivity contribution >= 4 is 6.03 Å². The first-order valence-corrected chi connectivity index (χ1v) is 12.0. The molecule has 2 aliphatic rings. The second-order valence-electron chi connectivity index (χ2n) is 9.25. The maximum Gasteiger partial charge on any atom is 0.416 e. The number of piperidine rings is 1. The number of likely N-dealkylation sites (tertiary alicyclic amines) is 1. The number of carbonyl (C=O) groups excluding carboxylic acids is 1. The first kappa shape index (κ1) is 24.3. The Kier molecular flexibility index (Phi) is 6.95. The smallest absolute Gasteiger partial charge is 0.378 e. The number of carbonyl (C=O) groups is 1. The molecule has 2 fully saturated rings. The van der Waals surface area contributed by atoms with Gasteiger partial charge in [0.25, 0.3) is 0 Å². The molecular weight excluding hydrogens is 473 g/mol. The zero-order valence-corrected chi connectivity index (χ0v) is 19.7. The van der Waals surface area contributed by atoms with Crippen molar-refractivity contribution in [2.45, 2.75) is 30.9 Å². The Balaban J connectivity index is 1.38. The highest BCUT2D eigenvalue weighted by Gasteiger charge is 2.37. The van der Waals surface area contributed by atoms with Crippen molar-refractivity contribution in [2.75, 3.05) is 39.4 Å². The van der Waals surface area contributed by atoms with Gasteiger partial charge in [-0.2, -0.15) is 18.2 Å². The molecule has 2 saturated heterocycles. The van der Waals surface area contributed by atoms with Crippen LogP contribution in [0.15, 0.2) is 59.1 Å². The molecular formula is C26H27F3N4O3. The van der Waals surface area contributed by atoms with Crippen LogP contribution in [0.25, 0.3) is 0 Å². The van der Waals surface area contributed by atoms with E-state index in [9.17, 15) is 18.0 Å². The fourth-order valence-corrected chi connectivity index (χ4v) is 4.86. The molecule has 10 heteroatoms. The van der Waals surface area contributed by atoms with Gasteiger partial charge in [0.1, 0.15) is 0 Å². The molecule has 3 heterocycles. The second kappa shape index (κ2) is 10.3. The molecule has 3 aromatic rings. The molecule has 0 bridgehead atoms. The number of ether oxygens (including phenoxy) is 1. The summed E-state index contributed by atoms with van der Waals surface area (Å²) in [5, 5.41) is 4.14. The van der Waals surface area contributed by atoms with Crippen molar-refractivity contribution < 1.29 is 27.2 Å². The number of rotatable bonds is 4. The predicted octanol–water partition coefficient (Wildman–Crippen LogP) is 4.70. The Bertz CT molecular complexity index is 1160. The van der Waals surface area contributed by atoms with E-state index >= 15 is 0 Å². The molecule has 0 aliphatic carbocycles. The molecule has 36 heavy (non-hydrogen) atoms. The molecule has 0 radical (unpaired) electrons. The minimum atomic E-state index is -4.40. The van der Waals surface area contributed by atoms with E-state index < -0.39 is 11.7 Å². The molecule has 0 spiro atoms. The highest BCUT2D eigenvalue weighted by molar-refractivity contribution is 5.75. The zero-order valence-electron chi connectivity index (χ0n) is 19.7. The Morgan fingerprint density at radius 2 is 1.64 bits per heavy atom. The van der Waals surface area contributed by atoms with Gasteiger partial charge < -0.3 is 19.1 Å². The third-order valence-corrected chi connectivity index (χ3v) is 6.75. The molecule has 2 aromatic carbocycles. The molecule has 0 N–H and O–H groups in total. The number of morpholine rings is 1. The molecule has 0 saturated carbocycles. The number of aromatic nitrogens is 2. The van der Waals surface area contributed by atoms with E-state index in [2.05, 4.69) is 10.1 Å². The first-order chi connectivity index (χ1) is 17.4. The average molecular weight is 501 g/mol. The molecule has 2 unspecified atom stereocenters. The fourth-order valence-electron chi connectivity index (χ4n) is 4.86. The van der Waals surface area contributed by atoms with E-state index in [1.54, 1.807) is 9.80 Å². The number of benzene rings is 2. The number of amides is 2. The van der Waals surface area contributed by atoms with E-state index in [-0.39, 0.29) is 17.9 Å². The van der Waals surface area contributed by atoms with Crippen molar-refractivity contribution in [3.8, 4) is 0 Å². The molecule has 2 atom stereocenters. The monoisotopic (exact) mass is 500 g/mol. The van der Waals surface area contributed by atoms with Gasteiger partial charge in [-0.05, 0) is 29.7 Å². The molecule has 5 rings (SSSR count). The number of hydrogen-bond donors (Lipinski definition) is 0. The summed E-state index contributed by atoms with van der Waals surface area (Å²) in [5.74, 6) is 0.602. The third-order valence-electron chi connectivity index (χ3n) is 6.75. The van der Waals surface area contributed by atoms with Gasteiger partial charge in [-0.25, -0.2) is 4.79 Å². The van der Waals surface area contributed by atoms with Gasteiger partial charge in [0.2, 0.25) is 5.89 Å². The topological polar surface area (TPSA) is 71.7 Å². The van der Waals surface area contributed by atoms with Crippen molar-refractivity contribution in [2.24, 2.45) is 0 Å². The van der Waals surface area contributed by atoms with Crippen LogP contribution in [0.5, 0.6) is 0 Å². The SMILES string of the molecule is O=C(N1CCOCC1)N1CC(c2ccc(C(F)(F)F)cc2)CC(c2nc(Cc3ccccc3)no2)C1. The molecule has 2 amide bonds.